The smallest absolute Gasteiger partial charge is 0.279 e. The van der Waals surface area contributed by atoms with E-state index in [1.807, 2.05) is 0 Å². The Hall–Kier alpha value is -3.04. The number of methoxy groups -OCH3 is 1. The Morgan fingerprint density at radius 1 is 1.15 bits per heavy atom. The lowest BCUT2D eigenvalue weighted by Crippen LogP contribution is -2.19. The number of nitrogens with zero attached hydrogens (tertiary/aromatic N) is 1. The van der Waals surface area contributed by atoms with Crippen LogP contribution in [0, 0.1) is 0 Å². The number of carbonyl (C=O) groups is 1. The fourth-order valence-electron chi connectivity index (χ4n) is 2.27. The molecule has 0 saturated carbocycles. The number of nitrogens with one attached hydrogen (secondary N) is 3. The molecule has 0 radical (unpaired) electrons. The number of halogens is 1. The second-order valence-electron chi connectivity index (χ2n) is 5.41. The van der Waals surface area contributed by atoms with Crippen molar-refractivity contribution >= 4 is 38.9 Å². The molecule has 3 rings (SSSR count). The van der Waals surface area contributed by atoms with Gasteiger partial charge < -0.3 is 10.1 Å². The third-order valence-electron chi connectivity index (χ3n) is 3.54. The van der Waals surface area contributed by atoms with Crippen molar-refractivity contribution in [3.63, 3.8) is 0 Å². The van der Waals surface area contributed by atoms with Gasteiger partial charge in [-0.25, -0.2) is 0 Å². The third-order valence-corrected chi connectivity index (χ3v) is 5.13. The molecule has 10 heteroatoms. The molecule has 1 aromatic heterocycles. The van der Waals surface area contributed by atoms with Crippen LogP contribution in [0.3, 0.4) is 0 Å². The van der Waals surface area contributed by atoms with Gasteiger partial charge in [0.1, 0.15) is 5.75 Å². The van der Waals surface area contributed by atoms with Gasteiger partial charge in [-0.05, 0) is 42.5 Å². The minimum absolute atomic E-state index is 0.129. The highest BCUT2D eigenvalue weighted by molar-refractivity contribution is 7.92. The van der Waals surface area contributed by atoms with E-state index in [0.29, 0.717) is 22.1 Å². The molecule has 0 aliphatic carbocycles. The van der Waals surface area contributed by atoms with Crippen LogP contribution in [0.2, 0.25) is 5.02 Å². The minimum atomic E-state index is -4.06. The van der Waals surface area contributed by atoms with Crippen LogP contribution in [0.4, 0.5) is 11.4 Å². The number of hydrogen-bond donors (Lipinski definition) is 3. The maximum absolute atomic E-state index is 12.6. The van der Waals surface area contributed by atoms with Crippen molar-refractivity contribution in [1.29, 1.82) is 0 Å². The Labute approximate surface area is 160 Å². The summed E-state index contributed by atoms with van der Waals surface area (Å²) in [5, 5.41) is 8.72. The lowest BCUT2D eigenvalue weighted by atomic mass is 10.3. The lowest BCUT2D eigenvalue weighted by Gasteiger charge is -2.09. The Balaban J connectivity index is 1.82. The van der Waals surface area contributed by atoms with E-state index in [-0.39, 0.29) is 10.6 Å². The number of rotatable bonds is 6. The first kappa shape index (κ1) is 18.7. The summed E-state index contributed by atoms with van der Waals surface area (Å²) in [5.74, 6) is -0.0535. The van der Waals surface area contributed by atoms with Crippen molar-refractivity contribution in [2.75, 3.05) is 17.1 Å². The topological polar surface area (TPSA) is 113 Å². The zero-order valence-corrected chi connectivity index (χ0v) is 15.6. The van der Waals surface area contributed by atoms with Crippen LogP contribution in [0.15, 0.2) is 59.8 Å². The number of benzene rings is 2. The highest BCUT2D eigenvalue weighted by Gasteiger charge is 2.25. The van der Waals surface area contributed by atoms with Crippen LogP contribution in [-0.4, -0.2) is 31.6 Å². The molecule has 0 fully saturated rings. The largest absolute Gasteiger partial charge is 0.497 e. The molecule has 0 bridgehead atoms. The zero-order valence-electron chi connectivity index (χ0n) is 14.1. The summed E-state index contributed by atoms with van der Waals surface area (Å²) in [6.07, 6.45) is 1.14. The summed E-state index contributed by atoms with van der Waals surface area (Å²) in [5.41, 5.74) is 0.614. The van der Waals surface area contributed by atoms with E-state index in [1.54, 1.807) is 48.5 Å². The fraction of sp³-hybridized carbons (Fsp3) is 0.0588. The van der Waals surface area contributed by atoms with Gasteiger partial charge in [-0.3, -0.25) is 14.6 Å². The molecular weight excluding hydrogens is 392 g/mol. The van der Waals surface area contributed by atoms with Crippen molar-refractivity contribution in [3.8, 4) is 5.75 Å². The van der Waals surface area contributed by atoms with Gasteiger partial charge in [-0.15, -0.1) is 0 Å². The number of amides is 1. The summed E-state index contributed by atoms with van der Waals surface area (Å²) < 4.78 is 32.7. The molecule has 1 heterocycles. The summed E-state index contributed by atoms with van der Waals surface area (Å²) >= 11 is 5.88. The summed E-state index contributed by atoms with van der Waals surface area (Å²) in [6.45, 7) is 0. The van der Waals surface area contributed by atoms with Crippen LogP contribution >= 0.6 is 11.6 Å². The number of hydrogen-bond acceptors (Lipinski definition) is 5. The van der Waals surface area contributed by atoms with E-state index in [0.717, 1.165) is 6.20 Å². The van der Waals surface area contributed by atoms with Crippen molar-refractivity contribution in [3.05, 3.63) is 65.3 Å². The minimum Gasteiger partial charge on any atom is -0.497 e. The molecule has 0 atom stereocenters. The summed E-state index contributed by atoms with van der Waals surface area (Å²) in [4.78, 5) is 12.5. The van der Waals surface area contributed by atoms with Crippen LogP contribution in [0.1, 0.15) is 10.4 Å². The van der Waals surface area contributed by atoms with Crippen molar-refractivity contribution < 1.29 is 17.9 Å². The van der Waals surface area contributed by atoms with Crippen molar-refractivity contribution in [2.45, 2.75) is 5.03 Å². The number of ether oxygens (including phenoxy) is 1. The first-order valence-electron chi connectivity index (χ1n) is 7.66. The molecule has 8 nitrogen and oxygen atoms in total. The van der Waals surface area contributed by atoms with Gasteiger partial charge in [0.25, 0.3) is 15.9 Å². The van der Waals surface area contributed by atoms with E-state index in [2.05, 4.69) is 20.2 Å². The summed E-state index contributed by atoms with van der Waals surface area (Å²) in [6, 6.07) is 12.8. The zero-order chi connectivity index (χ0) is 19.4. The van der Waals surface area contributed by atoms with Crippen LogP contribution in [-0.2, 0) is 10.0 Å². The number of sulfonamides is 1. The quantitative estimate of drug-likeness (QED) is 0.582. The van der Waals surface area contributed by atoms with Gasteiger partial charge in [0.15, 0.2) is 5.03 Å². The number of aromatic amines is 1. The Morgan fingerprint density at radius 2 is 1.89 bits per heavy atom. The van der Waals surface area contributed by atoms with E-state index in [1.165, 1.54) is 7.11 Å². The maximum atomic E-state index is 12.6. The Kier molecular flexibility index (Phi) is 5.33. The van der Waals surface area contributed by atoms with Gasteiger partial charge in [-0.2, -0.15) is 13.5 Å². The second-order valence-corrected chi connectivity index (χ2v) is 7.47. The average Bonchev–Trinajstić information content (AvgIpc) is 3.13. The molecule has 27 heavy (non-hydrogen) atoms. The number of aromatic nitrogens is 2. The predicted molar refractivity (Wildman–Crippen MR) is 102 cm³/mol. The molecule has 2 aromatic carbocycles. The SMILES string of the molecule is COc1ccc(NS(=O)(=O)c2[nH]ncc2C(=O)Nc2cccc(Cl)c2)cc1. The molecular formula is C17H15ClN4O4S. The van der Waals surface area contributed by atoms with Crippen LogP contribution in [0.25, 0.3) is 0 Å². The first-order valence-corrected chi connectivity index (χ1v) is 9.52. The monoisotopic (exact) mass is 406 g/mol. The lowest BCUT2D eigenvalue weighted by molar-refractivity contribution is 0.102. The molecule has 0 spiro atoms. The van der Waals surface area contributed by atoms with Gasteiger partial charge in [0.05, 0.1) is 18.9 Å². The third kappa shape index (κ3) is 4.39. The predicted octanol–water partition coefficient (Wildman–Crippen LogP) is 3.12. The molecule has 0 saturated heterocycles. The van der Waals surface area contributed by atoms with E-state index >= 15 is 0 Å². The molecule has 1 amide bonds. The molecule has 0 aliphatic rings. The summed E-state index contributed by atoms with van der Waals surface area (Å²) in [7, 11) is -2.55. The fourth-order valence-corrected chi connectivity index (χ4v) is 3.62. The van der Waals surface area contributed by atoms with E-state index < -0.39 is 15.9 Å². The van der Waals surface area contributed by atoms with Crippen LogP contribution in [0.5, 0.6) is 5.75 Å². The first-order chi connectivity index (χ1) is 12.9. The van der Waals surface area contributed by atoms with E-state index in [9.17, 15) is 13.2 Å². The maximum Gasteiger partial charge on any atom is 0.279 e. The second kappa shape index (κ2) is 7.68. The molecule has 3 N–H and O–H groups in total. The average molecular weight is 407 g/mol. The molecule has 140 valence electrons. The Bertz CT molecular complexity index is 1060. The highest BCUT2D eigenvalue weighted by atomic mass is 35.5. The van der Waals surface area contributed by atoms with Gasteiger partial charge in [0, 0.05) is 16.4 Å². The van der Waals surface area contributed by atoms with Gasteiger partial charge >= 0.3 is 0 Å². The molecule has 0 unspecified atom stereocenters. The highest BCUT2D eigenvalue weighted by Crippen LogP contribution is 2.21. The number of carbonyl (C=O) groups excluding carboxylic acids is 1. The van der Waals surface area contributed by atoms with E-state index in [4.69, 9.17) is 16.3 Å². The standard InChI is InChI=1S/C17H15ClN4O4S/c1-26-14-7-5-12(6-8-14)22-27(24,25)17-15(10-19-21-17)16(23)20-13-4-2-3-11(18)9-13/h2-10,22H,1H3,(H,19,21)(H,20,23). The van der Waals surface area contributed by atoms with Gasteiger partial charge in [-0.1, -0.05) is 17.7 Å². The normalized spacial score (nSPS) is 11.0. The molecule has 0 aliphatic heterocycles. The van der Waals surface area contributed by atoms with Crippen molar-refractivity contribution in [2.24, 2.45) is 0 Å². The Morgan fingerprint density at radius 3 is 2.56 bits per heavy atom. The van der Waals surface area contributed by atoms with Crippen LogP contribution < -0.4 is 14.8 Å². The van der Waals surface area contributed by atoms with Crippen molar-refractivity contribution in [1.82, 2.24) is 10.2 Å². The van der Waals surface area contributed by atoms with Gasteiger partial charge in [0.2, 0.25) is 0 Å². The number of H-pyrrole nitrogens is 1. The number of anilines is 2. The molecule has 3 aromatic rings.